The number of thiazole rings is 1. The molecule has 3 nitrogen and oxygen atoms in total. The molecule has 1 aromatic carbocycles. The highest BCUT2D eigenvalue weighted by Crippen LogP contribution is 2.25. The molecule has 2 aromatic rings. The molecule has 0 aliphatic heterocycles. The predicted octanol–water partition coefficient (Wildman–Crippen LogP) is 2.80. The maximum atomic E-state index is 13.0. The van der Waals surface area contributed by atoms with Crippen LogP contribution >= 0.6 is 11.3 Å². The second-order valence-corrected chi connectivity index (χ2v) is 4.77. The van der Waals surface area contributed by atoms with E-state index in [2.05, 4.69) is 4.98 Å². The summed E-state index contributed by atoms with van der Waals surface area (Å²) in [4.78, 5) is 4.35. The molecule has 0 aliphatic rings. The normalized spacial score (nSPS) is 12.1. The molecule has 5 heteroatoms. The van der Waals surface area contributed by atoms with Gasteiger partial charge in [0.05, 0.1) is 15.2 Å². The van der Waals surface area contributed by atoms with Gasteiger partial charge in [-0.05, 0) is 25.1 Å². The van der Waals surface area contributed by atoms with Gasteiger partial charge in [-0.15, -0.1) is 11.3 Å². The van der Waals surface area contributed by atoms with E-state index in [4.69, 9.17) is 10.5 Å². The Hall–Kier alpha value is -1.46. The highest BCUT2D eigenvalue weighted by molar-refractivity contribution is 7.18. The zero-order chi connectivity index (χ0) is 12.3. The Bertz CT molecular complexity index is 550. The largest absolute Gasteiger partial charge is 0.486 e. The van der Waals surface area contributed by atoms with Gasteiger partial charge in [0.2, 0.25) is 0 Å². The lowest BCUT2D eigenvalue weighted by molar-refractivity contribution is 0.318. The molecular weight excluding hydrogens is 239 g/mol. The second kappa shape index (κ2) is 5.25. The van der Waals surface area contributed by atoms with Crippen molar-refractivity contribution in [3.8, 4) is 5.75 Å². The van der Waals surface area contributed by atoms with Crippen LogP contribution in [0, 0.1) is 6.92 Å². The maximum absolute atomic E-state index is 13.0. The maximum Gasteiger partial charge on any atom is 0.139 e. The Morgan fingerprint density at radius 3 is 3.18 bits per heavy atom. The predicted molar refractivity (Wildman–Crippen MR) is 68.1 cm³/mol. The molecule has 0 radical (unpaired) electrons. The summed E-state index contributed by atoms with van der Waals surface area (Å²) in [7, 11) is 0. The van der Waals surface area contributed by atoms with Gasteiger partial charge in [0.1, 0.15) is 18.2 Å². The third-order valence-electron chi connectivity index (χ3n) is 2.18. The molecule has 0 amide bonds. The highest BCUT2D eigenvalue weighted by Gasteiger charge is 2.03. The summed E-state index contributed by atoms with van der Waals surface area (Å²) in [6.07, 6.45) is 1.30. The van der Waals surface area contributed by atoms with E-state index < -0.39 is 0 Å². The minimum atomic E-state index is -0.359. The van der Waals surface area contributed by atoms with Gasteiger partial charge in [-0.3, -0.25) is 0 Å². The molecule has 0 saturated heterocycles. The molecule has 0 aliphatic carbocycles. The van der Waals surface area contributed by atoms with Gasteiger partial charge in [0.15, 0.2) is 0 Å². The number of fused-ring (bicyclic) bond motifs is 1. The molecule has 0 saturated carbocycles. The Balaban J connectivity index is 2.11. The molecule has 0 unspecified atom stereocenters. The smallest absolute Gasteiger partial charge is 0.139 e. The number of hydrogen-bond acceptors (Lipinski definition) is 4. The van der Waals surface area contributed by atoms with Gasteiger partial charge in [0, 0.05) is 12.6 Å². The van der Waals surface area contributed by atoms with Gasteiger partial charge in [-0.2, -0.15) is 0 Å². The summed E-state index contributed by atoms with van der Waals surface area (Å²) in [5, 5.41) is 1.01. The first kappa shape index (κ1) is 12.0. The van der Waals surface area contributed by atoms with Crippen molar-refractivity contribution in [2.75, 3.05) is 13.2 Å². The van der Waals surface area contributed by atoms with Crippen molar-refractivity contribution >= 4 is 21.6 Å². The molecule has 90 valence electrons. The van der Waals surface area contributed by atoms with E-state index in [0.717, 1.165) is 15.2 Å². The van der Waals surface area contributed by atoms with Gasteiger partial charge >= 0.3 is 0 Å². The van der Waals surface area contributed by atoms with Crippen molar-refractivity contribution in [1.29, 1.82) is 0 Å². The number of hydrogen-bond donors (Lipinski definition) is 1. The molecule has 2 rings (SSSR count). The summed E-state index contributed by atoms with van der Waals surface area (Å²) >= 11 is 1.62. The van der Waals surface area contributed by atoms with Crippen LogP contribution < -0.4 is 10.5 Å². The molecule has 1 heterocycles. The van der Waals surface area contributed by atoms with Gasteiger partial charge in [0.25, 0.3) is 0 Å². The Kier molecular flexibility index (Phi) is 3.71. The fourth-order valence-corrected chi connectivity index (χ4v) is 2.26. The van der Waals surface area contributed by atoms with Crippen molar-refractivity contribution < 1.29 is 9.13 Å². The molecule has 0 bridgehead atoms. The lowest BCUT2D eigenvalue weighted by Gasteiger charge is -2.03. The standard InChI is InChI=1S/C12H13FN2OS/c1-8-15-11-6-10(2-3-12(11)17-8)16-7-9(13)4-5-14/h2-4,6H,5,7,14H2,1H3. The van der Waals surface area contributed by atoms with Crippen LogP contribution in [0.5, 0.6) is 5.75 Å². The van der Waals surface area contributed by atoms with Crippen molar-refractivity contribution in [3.05, 3.63) is 35.1 Å². The van der Waals surface area contributed by atoms with Crippen LogP contribution in [-0.2, 0) is 0 Å². The molecular formula is C12H13FN2OS. The van der Waals surface area contributed by atoms with Crippen LogP contribution in [0.4, 0.5) is 4.39 Å². The summed E-state index contributed by atoms with van der Waals surface area (Å²) in [6, 6.07) is 5.56. The third-order valence-corrected chi connectivity index (χ3v) is 3.13. The average Bonchev–Trinajstić information content (AvgIpc) is 2.66. The van der Waals surface area contributed by atoms with Crippen LogP contribution in [0.1, 0.15) is 5.01 Å². The molecule has 0 atom stereocenters. The third kappa shape index (κ3) is 3.01. The van der Waals surface area contributed by atoms with E-state index in [9.17, 15) is 4.39 Å². The quantitative estimate of drug-likeness (QED) is 0.910. The van der Waals surface area contributed by atoms with E-state index in [1.807, 2.05) is 25.1 Å². The minimum absolute atomic E-state index is 0.0914. The van der Waals surface area contributed by atoms with Crippen LogP contribution in [-0.4, -0.2) is 18.1 Å². The number of aryl methyl sites for hydroxylation is 1. The van der Waals surface area contributed by atoms with Gasteiger partial charge in [-0.1, -0.05) is 0 Å². The number of ether oxygens (including phenoxy) is 1. The molecule has 17 heavy (non-hydrogen) atoms. The van der Waals surface area contributed by atoms with Crippen LogP contribution in [0.2, 0.25) is 0 Å². The zero-order valence-corrected chi connectivity index (χ0v) is 10.3. The molecule has 0 spiro atoms. The van der Waals surface area contributed by atoms with E-state index >= 15 is 0 Å². The first-order chi connectivity index (χ1) is 8.19. The lowest BCUT2D eigenvalue weighted by atomic mass is 10.3. The Morgan fingerprint density at radius 2 is 2.41 bits per heavy atom. The number of rotatable bonds is 4. The van der Waals surface area contributed by atoms with Crippen LogP contribution in [0.15, 0.2) is 30.1 Å². The molecule has 1 aromatic heterocycles. The lowest BCUT2D eigenvalue weighted by Crippen LogP contribution is -2.01. The first-order valence-electron chi connectivity index (χ1n) is 5.23. The van der Waals surface area contributed by atoms with E-state index in [1.165, 1.54) is 6.08 Å². The molecule has 0 fully saturated rings. The summed E-state index contributed by atoms with van der Waals surface area (Å²) in [5.41, 5.74) is 6.08. The van der Waals surface area contributed by atoms with Gasteiger partial charge < -0.3 is 10.5 Å². The Morgan fingerprint density at radius 1 is 1.59 bits per heavy atom. The van der Waals surface area contributed by atoms with Crippen molar-refractivity contribution in [2.45, 2.75) is 6.92 Å². The second-order valence-electron chi connectivity index (χ2n) is 3.54. The average molecular weight is 252 g/mol. The monoisotopic (exact) mass is 252 g/mol. The minimum Gasteiger partial charge on any atom is -0.486 e. The number of benzene rings is 1. The SMILES string of the molecule is Cc1nc2cc(OCC(F)=CCN)ccc2s1. The van der Waals surface area contributed by atoms with Crippen molar-refractivity contribution in [1.82, 2.24) is 4.98 Å². The summed E-state index contributed by atoms with van der Waals surface area (Å²) in [5.74, 6) is 0.255. The number of aromatic nitrogens is 1. The summed E-state index contributed by atoms with van der Waals surface area (Å²) in [6.45, 7) is 2.04. The topological polar surface area (TPSA) is 48.1 Å². The van der Waals surface area contributed by atoms with Crippen molar-refractivity contribution in [2.24, 2.45) is 5.73 Å². The van der Waals surface area contributed by atoms with Gasteiger partial charge in [-0.25, -0.2) is 9.37 Å². The summed E-state index contributed by atoms with van der Waals surface area (Å²) < 4.78 is 19.5. The Labute approximate surface area is 103 Å². The van der Waals surface area contributed by atoms with E-state index in [0.29, 0.717) is 5.75 Å². The molecule has 2 N–H and O–H groups in total. The van der Waals surface area contributed by atoms with Crippen LogP contribution in [0.3, 0.4) is 0 Å². The van der Waals surface area contributed by atoms with E-state index in [-0.39, 0.29) is 19.0 Å². The first-order valence-corrected chi connectivity index (χ1v) is 6.05. The highest BCUT2D eigenvalue weighted by atomic mass is 32.1. The number of nitrogens with two attached hydrogens (primary N) is 1. The fourth-order valence-electron chi connectivity index (χ4n) is 1.45. The van der Waals surface area contributed by atoms with Crippen molar-refractivity contribution in [3.63, 3.8) is 0 Å². The zero-order valence-electron chi connectivity index (χ0n) is 9.44. The van der Waals surface area contributed by atoms with Crippen LogP contribution in [0.25, 0.3) is 10.2 Å². The number of halogens is 1. The number of nitrogens with zero attached hydrogens (tertiary/aromatic N) is 1. The van der Waals surface area contributed by atoms with E-state index in [1.54, 1.807) is 11.3 Å². The fraction of sp³-hybridized carbons (Fsp3) is 0.250.